The van der Waals surface area contributed by atoms with E-state index in [1.807, 2.05) is 38.1 Å². The van der Waals surface area contributed by atoms with E-state index in [0.717, 1.165) is 17.1 Å². The highest BCUT2D eigenvalue weighted by molar-refractivity contribution is 5.49. The summed E-state index contributed by atoms with van der Waals surface area (Å²) in [6, 6.07) is 7.63. The molecule has 0 aliphatic carbocycles. The fourth-order valence-electron chi connectivity index (χ4n) is 2.57. The molecule has 25 heavy (non-hydrogen) atoms. The van der Waals surface area contributed by atoms with E-state index in [-0.39, 0.29) is 19.3 Å². The summed E-state index contributed by atoms with van der Waals surface area (Å²) in [6.07, 6.45) is 1.48. The zero-order chi connectivity index (χ0) is 17.8. The first-order valence-electron chi connectivity index (χ1n) is 7.98. The summed E-state index contributed by atoms with van der Waals surface area (Å²) < 4.78 is 12.5. The van der Waals surface area contributed by atoms with Gasteiger partial charge in [0.1, 0.15) is 18.8 Å². The van der Waals surface area contributed by atoms with E-state index in [0.29, 0.717) is 17.3 Å². The van der Waals surface area contributed by atoms with Crippen molar-refractivity contribution >= 4 is 11.6 Å². The number of fused-ring (bicyclic) bond motifs is 1. The van der Waals surface area contributed by atoms with Crippen LogP contribution in [0.3, 0.4) is 0 Å². The molecule has 0 saturated heterocycles. The molecule has 2 N–H and O–H groups in total. The van der Waals surface area contributed by atoms with E-state index in [1.54, 1.807) is 11.6 Å². The fraction of sp³-hybridized carbons (Fsp3) is 0.353. The molecular formula is C17H21N5O3. The zero-order valence-electron chi connectivity index (χ0n) is 14.4. The van der Waals surface area contributed by atoms with Gasteiger partial charge in [0.15, 0.2) is 11.5 Å². The second-order valence-electron chi connectivity index (χ2n) is 5.60. The Morgan fingerprint density at radius 3 is 2.88 bits per heavy atom. The normalized spacial score (nSPS) is 12.2. The van der Waals surface area contributed by atoms with Gasteiger partial charge in [0.2, 0.25) is 0 Å². The number of hydrogen-bond acceptors (Lipinski definition) is 7. The summed E-state index contributed by atoms with van der Waals surface area (Å²) >= 11 is 0. The number of nitrogens with zero attached hydrogens (tertiary/aromatic N) is 4. The van der Waals surface area contributed by atoms with Gasteiger partial charge >= 0.3 is 0 Å². The Balaban J connectivity index is 1.85. The van der Waals surface area contributed by atoms with E-state index in [1.165, 1.54) is 6.33 Å². The summed E-state index contributed by atoms with van der Waals surface area (Å²) in [5, 5.41) is 16.5. The summed E-state index contributed by atoms with van der Waals surface area (Å²) in [5.74, 6) is 2.59. The van der Waals surface area contributed by atoms with Gasteiger partial charge in [0.25, 0.3) is 5.78 Å². The number of aromatic nitrogens is 4. The highest BCUT2D eigenvalue weighted by Crippen LogP contribution is 2.31. The summed E-state index contributed by atoms with van der Waals surface area (Å²) in [4.78, 5) is 8.47. The Morgan fingerprint density at radius 1 is 1.28 bits per heavy atom. The topological polar surface area (TPSA) is 93.8 Å². The average Bonchev–Trinajstić information content (AvgIpc) is 3.08. The first kappa shape index (κ1) is 17.0. The van der Waals surface area contributed by atoms with Crippen LogP contribution in [0.5, 0.6) is 11.5 Å². The number of aliphatic hydroxyl groups is 1. The Labute approximate surface area is 145 Å². The van der Waals surface area contributed by atoms with Crippen LogP contribution in [0.1, 0.15) is 24.2 Å². The van der Waals surface area contributed by atoms with Gasteiger partial charge in [-0.1, -0.05) is 6.07 Å². The van der Waals surface area contributed by atoms with Crippen LogP contribution < -0.4 is 14.8 Å². The molecule has 3 aromatic rings. The van der Waals surface area contributed by atoms with Gasteiger partial charge in [-0.05, 0) is 31.5 Å². The van der Waals surface area contributed by atoms with Crippen molar-refractivity contribution in [3.05, 3.63) is 41.9 Å². The Kier molecular flexibility index (Phi) is 4.99. The molecule has 0 aliphatic heterocycles. The number of methoxy groups -OCH3 is 1. The van der Waals surface area contributed by atoms with Crippen molar-refractivity contribution < 1.29 is 14.6 Å². The van der Waals surface area contributed by atoms with E-state index in [4.69, 9.17) is 14.6 Å². The standard InChI is InChI=1S/C17H21N5O3/c1-11-8-16(22-17(20-11)18-10-19-22)21-12(2)13-4-5-14(25-7-6-23)15(9-13)24-3/h4-5,8-10,12,21,23H,6-7H2,1-3H3. The lowest BCUT2D eigenvalue weighted by atomic mass is 10.1. The minimum Gasteiger partial charge on any atom is -0.493 e. The molecule has 8 nitrogen and oxygen atoms in total. The number of anilines is 1. The average molecular weight is 343 g/mol. The minimum atomic E-state index is -0.0435. The quantitative estimate of drug-likeness (QED) is 0.677. The van der Waals surface area contributed by atoms with Crippen LogP contribution in [0.2, 0.25) is 0 Å². The molecule has 3 rings (SSSR count). The number of hydrogen-bond donors (Lipinski definition) is 2. The van der Waals surface area contributed by atoms with E-state index < -0.39 is 0 Å². The number of ether oxygens (including phenoxy) is 2. The van der Waals surface area contributed by atoms with Gasteiger partial charge in [-0.2, -0.15) is 14.6 Å². The molecule has 132 valence electrons. The molecular weight excluding hydrogens is 322 g/mol. The Bertz CT molecular complexity index is 865. The second-order valence-corrected chi connectivity index (χ2v) is 5.60. The summed E-state index contributed by atoms with van der Waals surface area (Å²) in [5.41, 5.74) is 1.89. The number of rotatable bonds is 7. The number of aryl methyl sites for hydroxylation is 1. The first-order valence-corrected chi connectivity index (χ1v) is 7.98. The van der Waals surface area contributed by atoms with Crippen LogP contribution in [0.15, 0.2) is 30.6 Å². The van der Waals surface area contributed by atoms with Crippen LogP contribution in [0.4, 0.5) is 5.82 Å². The van der Waals surface area contributed by atoms with Crippen LogP contribution in [0, 0.1) is 6.92 Å². The van der Waals surface area contributed by atoms with Crippen LogP contribution >= 0.6 is 0 Å². The monoisotopic (exact) mass is 343 g/mol. The lowest BCUT2D eigenvalue weighted by Crippen LogP contribution is -2.12. The van der Waals surface area contributed by atoms with Crippen LogP contribution in [0.25, 0.3) is 5.78 Å². The maximum absolute atomic E-state index is 8.90. The maximum atomic E-state index is 8.90. The molecule has 0 bridgehead atoms. The predicted molar refractivity (Wildman–Crippen MR) is 93.1 cm³/mol. The Hall–Kier alpha value is -2.87. The molecule has 0 amide bonds. The fourth-order valence-corrected chi connectivity index (χ4v) is 2.57. The van der Waals surface area contributed by atoms with Gasteiger partial charge in [0, 0.05) is 11.8 Å². The van der Waals surface area contributed by atoms with Crippen molar-refractivity contribution in [1.29, 1.82) is 0 Å². The molecule has 0 saturated carbocycles. The molecule has 1 unspecified atom stereocenters. The van der Waals surface area contributed by atoms with Gasteiger partial charge < -0.3 is 19.9 Å². The van der Waals surface area contributed by atoms with Gasteiger partial charge in [-0.25, -0.2) is 4.98 Å². The second kappa shape index (κ2) is 7.35. The van der Waals surface area contributed by atoms with E-state index in [9.17, 15) is 0 Å². The number of nitrogens with one attached hydrogen (secondary N) is 1. The SMILES string of the molecule is COc1cc(C(C)Nc2cc(C)nc3ncnn23)ccc1OCCO. The summed E-state index contributed by atoms with van der Waals surface area (Å²) in [6.45, 7) is 4.14. The number of benzene rings is 1. The molecule has 0 radical (unpaired) electrons. The van der Waals surface area contributed by atoms with Gasteiger partial charge in [0.05, 0.1) is 19.8 Å². The van der Waals surface area contributed by atoms with E-state index in [2.05, 4.69) is 20.4 Å². The predicted octanol–water partition coefficient (Wildman–Crippen LogP) is 1.99. The third-order valence-electron chi connectivity index (χ3n) is 3.78. The van der Waals surface area contributed by atoms with Crippen LogP contribution in [-0.2, 0) is 0 Å². The van der Waals surface area contributed by atoms with Crippen molar-refractivity contribution in [2.75, 3.05) is 25.6 Å². The molecule has 1 atom stereocenters. The Morgan fingerprint density at radius 2 is 2.12 bits per heavy atom. The molecule has 0 aliphatic rings. The van der Waals surface area contributed by atoms with Crippen molar-refractivity contribution in [3.63, 3.8) is 0 Å². The lowest BCUT2D eigenvalue weighted by Gasteiger charge is -2.18. The zero-order valence-corrected chi connectivity index (χ0v) is 14.4. The lowest BCUT2D eigenvalue weighted by molar-refractivity contribution is 0.196. The first-order chi connectivity index (χ1) is 12.1. The molecule has 8 heteroatoms. The maximum Gasteiger partial charge on any atom is 0.254 e. The van der Waals surface area contributed by atoms with Crippen molar-refractivity contribution in [2.24, 2.45) is 0 Å². The third kappa shape index (κ3) is 3.63. The highest BCUT2D eigenvalue weighted by Gasteiger charge is 2.13. The minimum absolute atomic E-state index is 0.00464. The van der Waals surface area contributed by atoms with Crippen molar-refractivity contribution in [3.8, 4) is 11.5 Å². The van der Waals surface area contributed by atoms with E-state index >= 15 is 0 Å². The van der Waals surface area contributed by atoms with Gasteiger partial charge in [-0.15, -0.1) is 0 Å². The largest absolute Gasteiger partial charge is 0.493 e. The smallest absolute Gasteiger partial charge is 0.254 e. The summed E-state index contributed by atoms with van der Waals surface area (Å²) in [7, 11) is 1.59. The molecule has 0 spiro atoms. The number of aliphatic hydroxyl groups excluding tert-OH is 1. The van der Waals surface area contributed by atoms with Crippen molar-refractivity contribution in [1.82, 2.24) is 19.6 Å². The molecule has 2 aromatic heterocycles. The molecule has 1 aromatic carbocycles. The van der Waals surface area contributed by atoms with Crippen LogP contribution in [-0.4, -0.2) is 45.0 Å². The molecule has 0 fully saturated rings. The van der Waals surface area contributed by atoms with Crippen molar-refractivity contribution in [2.45, 2.75) is 19.9 Å². The highest BCUT2D eigenvalue weighted by atomic mass is 16.5. The van der Waals surface area contributed by atoms with Gasteiger partial charge in [-0.3, -0.25) is 0 Å². The third-order valence-corrected chi connectivity index (χ3v) is 3.78. The molecule has 2 heterocycles.